The van der Waals surface area contributed by atoms with Gasteiger partial charge in [-0.15, -0.1) is 11.3 Å². The van der Waals surface area contributed by atoms with E-state index in [-0.39, 0.29) is 32.4 Å². The van der Waals surface area contributed by atoms with Gasteiger partial charge < -0.3 is 10.4 Å². The first-order valence-electron chi connectivity index (χ1n) is 12.1. The van der Waals surface area contributed by atoms with Gasteiger partial charge in [-0.25, -0.2) is 18.1 Å². The van der Waals surface area contributed by atoms with Gasteiger partial charge in [0.05, 0.1) is 26.2 Å². The SMILES string of the molecule is CC(C)(O)CNC(=O)c1nc(CC2CCCCC2)c(-c2ccc(S(=O)(=O)NC(C)(C)C)c(Cl)c2Cl)s1. The topological polar surface area (TPSA) is 108 Å². The number of sulfonamides is 1. The molecule has 0 spiro atoms. The first-order chi connectivity index (χ1) is 16.6. The molecule has 200 valence electrons. The molecule has 3 rings (SSSR count). The Morgan fingerprint density at radius 2 is 1.75 bits per heavy atom. The van der Waals surface area contributed by atoms with Gasteiger partial charge in [-0.1, -0.05) is 61.4 Å². The van der Waals surface area contributed by atoms with Crippen LogP contribution >= 0.6 is 34.5 Å². The third-order valence-electron chi connectivity index (χ3n) is 5.80. The van der Waals surface area contributed by atoms with Crippen LogP contribution in [0.5, 0.6) is 0 Å². The summed E-state index contributed by atoms with van der Waals surface area (Å²) >= 11 is 14.4. The molecule has 1 saturated carbocycles. The Bertz CT molecular complexity index is 1210. The first kappa shape index (κ1) is 29.3. The number of aromatic nitrogens is 1. The summed E-state index contributed by atoms with van der Waals surface area (Å²) in [7, 11) is -3.90. The normalized spacial score (nSPS) is 15.8. The smallest absolute Gasteiger partial charge is 0.280 e. The minimum atomic E-state index is -3.90. The lowest BCUT2D eigenvalue weighted by molar-refractivity contribution is 0.0694. The molecule has 1 aromatic heterocycles. The Labute approximate surface area is 228 Å². The van der Waals surface area contributed by atoms with Crippen LogP contribution in [-0.2, 0) is 16.4 Å². The number of hydrogen-bond acceptors (Lipinski definition) is 6. The summed E-state index contributed by atoms with van der Waals surface area (Å²) in [5, 5.41) is 13.0. The van der Waals surface area contributed by atoms with E-state index in [9.17, 15) is 18.3 Å². The molecule has 11 heteroatoms. The number of aliphatic hydroxyl groups is 1. The molecular formula is C25H35Cl2N3O4S2. The van der Waals surface area contributed by atoms with Crippen LogP contribution in [0.15, 0.2) is 17.0 Å². The summed E-state index contributed by atoms with van der Waals surface area (Å²) in [6.07, 6.45) is 6.46. The van der Waals surface area contributed by atoms with E-state index >= 15 is 0 Å². The van der Waals surface area contributed by atoms with Crippen LogP contribution in [0, 0.1) is 5.92 Å². The molecule has 0 radical (unpaired) electrons. The van der Waals surface area contributed by atoms with Crippen LogP contribution in [0.3, 0.4) is 0 Å². The van der Waals surface area contributed by atoms with Crippen molar-refractivity contribution in [2.45, 2.75) is 89.2 Å². The van der Waals surface area contributed by atoms with Gasteiger partial charge in [-0.05, 0) is 53.0 Å². The summed E-state index contributed by atoms with van der Waals surface area (Å²) in [6.45, 7) is 8.54. The highest BCUT2D eigenvalue weighted by atomic mass is 35.5. The van der Waals surface area contributed by atoms with E-state index in [1.165, 1.54) is 36.7 Å². The van der Waals surface area contributed by atoms with E-state index in [1.54, 1.807) is 40.7 Å². The van der Waals surface area contributed by atoms with Gasteiger partial charge in [-0.3, -0.25) is 4.79 Å². The Morgan fingerprint density at radius 1 is 1.11 bits per heavy atom. The van der Waals surface area contributed by atoms with Crippen molar-refractivity contribution in [2.24, 2.45) is 5.92 Å². The van der Waals surface area contributed by atoms with Crippen molar-refractivity contribution in [2.75, 3.05) is 6.54 Å². The number of carbonyl (C=O) groups excluding carboxylic acids is 1. The molecule has 0 bridgehead atoms. The highest BCUT2D eigenvalue weighted by Gasteiger charge is 2.29. The Kier molecular flexibility index (Phi) is 9.17. The minimum absolute atomic E-state index is 0.0732. The summed E-state index contributed by atoms with van der Waals surface area (Å²) in [5.41, 5.74) is -0.452. The summed E-state index contributed by atoms with van der Waals surface area (Å²) < 4.78 is 28.4. The fraction of sp³-hybridized carbons (Fsp3) is 0.600. The fourth-order valence-electron chi connectivity index (χ4n) is 4.21. The monoisotopic (exact) mass is 575 g/mol. The number of rotatable bonds is 8. The van der Waals surface area contributed by atoms with Crippen molar-refractivity contribution in [3.8, 4) is 10.4 Å². The van der Waals surface area contributed by atoms with Crippen molar-refractivity contribution in [3.63, 3.8) is 0 Å². The number of hydrogen-bond donors (Lipinski definition) is 3. The molecule has 0 aliphatic heterocycles. The predicted octanol–water partition coefficient (Wildman–Crippen LogP) is 5.82. The van der Waals surface area contributed by atoms with Crippen LogP contribution in [0.25, 0.3) is 10.4 Å². The molecule has 0 saturated heterocycles. The van der Waals surface area contributed by atoms with Crippen molar-refractivity contribution in [3.05, 3.63) is 32.9 Å². The van der Waals surface area contributed by atoms with Gasteiger partial charge in [-0.2, -0.15) is 0 Å². The molecule has 2 aromatic rings. The van der Waals surface area contributed by atoms with Crippen molar-refractivity contribution >= 4 is 50.5 Å². The van der Waals surface area contributed by atoms with E-state index in [2.05, 4.69) is 15.0 Å². The van der Waals surface area contributed by atoms with Gasteiger partial charge in [0.1, 0.15) is 4.90 Å². The zero-order chi connectivity index (χ0) is 26.9. The Balaban J connectivity index is 2.02. The largest absolute Gasteiger partial charge is 0.389 e. The van der Waals surface area contributed by atoms with Gasteiger partial charge in [0, 0.05) is 17.6 Å². The zero-order valence-electron chi connectivity index (χ0n) is 21.4. The van der Waals surface area contributed by atoms with Crippen molar-refractivity contribution in [1.82, 2.24) is 15.0 Å². The van der Waals surface area contributed by atoms with Crippen LogP contribution in [0.4, 0.5) is 0 Å². The van der Waals surface area contributed by atoms with Crippen LogP contribution in [-0.4, -0.2) is 42.1 Å². The van der Waals surface area contributed by atoms with Crippen LogP contribution < -0.4 is 10.0 Å². The van der Waals surface area contributed by atoms with E-state index < -0.39 is 21.2 Å². The molecule has 1 fully saturated rings. The van der Waals surface area contributed by atoms with Crippen LogP contribution in [0.2, 0.25) is 10.0 Å². The fourth-order valence-corrected chi connectivity index (χ4v) is 7.59. The number of thiazole rings is 1. The summed E-state index contributed by atoms with van der Waals surface area (Å²) in [5.74, 6) is 0.0748. The Morgan fingerprint density at radius 3 is 2.33 bits per heavy atom. The molecular weight excluding hydrogens is 541 g/mol. The molecule has 1 aliphatic carbocycles. The maximum Gasteiger partial charge on any atom is 0.280 e. The number of amides is 1. The maximum absolute atomic E-state index is 12.9. The van der Waals surface area contributed by atoms with E-state index in [0.717, 1.165) is 18.5 Å². The highest BCUT2D eigenvalue weighted by molar-refractivity contribution is 7.89. The lowest BCUT2D eigenvalue weighted by atomic mass is 9.85. The third kappa shape index (κ3) is 7.65. The highest BCUT2D eigenvalue weighted by Crippen LogP contribution is 2.42. The second-order valence-electron chi connectivity index (χ2n) is 11.1. The number of halogens is 2. The van der Waals surface area contributed by atoms with Crippen molar-refractivity contribution in [1.29, 1.82) is 0 Å². The molecule has 0 unspecified atom stereocenters. The minimum Gasteiger partial charge on any atom is -0.389 e. The van der Waals surface area contributed by atoms with Gasteiger partial charge in [0.25, 0.3) is 5.91 Å². The van der Waals surface area contributed by atoms with E-state index in [1.807, 2.05) is 0 Å². The molecule has 1 heterocycles. The van der Waals surface area contributed by atoms with E-state index in [0.29, 0.717) is 22.8 Å². The van der Waals surface area contributed by atoms with E-state index in [4.69, 9.17) is 23.2 Å². The molecule has 0 atom stereocenters. The molecule has 1 amide bonds. The standard InChI is InChI=1S/C25H35Cl2N3O4S2/c1-24(2,3)30-36(33,34)18-12-11-16(19(26)20(18)27)21-17(13-15-9-7-6-8-10-15)29-23(35-21)22(31)28-14-25(4,5)32/h11-12,15,30,32H,6-10,13-14H2,1-5H3,(H,28,31). The van der Waals surface area contributed by atoms with Crippen LogP contribution in [0.1, 0.15) is 82.2 Å². The number of benzene rings is 1. The molecule has 1 aromatic carbocycles. The van der Waals surface area contributed by atoms with Gasteiger partial charge in [0.2, 0.25) is 10.0 Å². The number of carbonyl (C=O) groups is 1. The lowest BCUT2D eigenvalue weighted by Gasteiger charge is -2.22. The van der Waals surface area contributed by atoms with Gasteiger partial charge >= 0.3 is 0 Å². The number of nitrogens with one attached hydrogen (secondary N) is 2. The summed E-state index contributed by atoms with van der Waals surface area (Å²) in [4.78, 5) is 18.1. The predicted molar refractivity (Wildman–Crippen MR) is 147 cm³/mol. The average molecular weight is 577 g/mol. The second-order valence-corrected chi connectivity index (χ2v) is 14.5. The second kappa shape index (κ2) is 11.3. The molecule has 3 N–H and O–H groups in total. The first-order valence-corrected chi connectivity index (χ1v) is 15.2. The molecule has 36 heavy (non-hydrogen) atoms. The molecule has 1 aliphatic rings. The van der Waals surface area contributed by atoms with Crippen molar-refractivity contribution < 1.29 is 18.3 Å². The number of nitrogens with zero attached hydrogens (tertiary/aromatic N) is 1. The Hall–Kier alpha value is -1.23. The maximum atomic E-state index is 12.9. The third-order valence-corrected chi connectivity index (χ3v) is 9.73. The summed E-state index contributed by atoms with van der Waals surface area (Å²) in [6, 6.07) is 3.07. The average Bonchev–Trinajstić information content (AvgIpc) is 3.15. The lowest BCUT2D eigenvalue weighted by Crippen LogP contribution is -2.40. The van der Waals surface area contributed by atoms with Gasteiger partial charge in [0.15, 0.2) is 5.01 Å². The zero-order valence-corrected chi connectivity index (χ0v) is 24.5. The quantitative estimate of drug-likeness (QED) is 0.367. The molecule has 7 nitrogen and oxygen atoms in total.